The summed E-state index contributed by atoms with van der Waals surface area (Å²) >= 11 is 6.46. The molecule has 1 fully saturated rings. The zero-order valence-corrected chi connectivity index (χ0v) is 20.6. The number of pyridine rings is 1. The van der Waals surface area contributed by atoms with Gasteiger partial charge in [0.2, 0.25) is 11.8 Å². The number of aromatic nitrogens is 3. The van der Waals surface area contributed by atoms with Crippen LogP contribution in [0.4, 0.5) is 11.5 Å². The van der Waals surface area contributed by atoms with Gasteiger partial charge >= 0.3 is 0 Å². The lowest BCUT2D eigenvalue weighted by Crippen LogP contribution is -2.53. The summed E-state index contributed by atoms with van der Waals surface area (Å²) in [5.41, 5.74) is 1.30. The summed E-state index contributed by atoms with van der Waals surface area (Å²) in [6.45, 7) is 2.52. The van der Waals surface area contributed by atoms with Crippen molar-refractivity contribution in [2.45, 2.75) is 13.0 Å². The fraction of sp³-hybridized carbons (Fsp3) is 0.192. The first-order valence-electron chi connectivity index (χ1n) is 11.6. The van der Waals surface area contributed by atoms with Crippen LogP contribution in [0.2, 0.25) is 5.02 Å². The number of halogens is 1. The molecule has 0 unspecified atom stereocenters. The van der Waals surface area contributed by atoms with Crippen molar-refractivity contribution < 1.29 is 19.1 Å². The van der Waals surface area contributed by atoms with Gasteiger partial charge in [-0.25, -0.2) is 15.0 Å². The summed E-state index contributed by atoms with van der Waals surface area (Å²) in [6, 6.07) is 16.0. The number of amides is 2. The number of ether oxygens (including phenoxy) is 2. The third-order valence-electron chi connectivity index (χ3n) is 5.67. The molecule has 1 atom stereocenters. The Labute approximate surface area is 217 Å². The standard InChI is InChI=1S/C26H23ClN6O4/c1-16(26(35)33-12-11-28-22(34)14-33)36-21-6-4-5-19-24(21)25(31-15-30-19)32-17-8-9-20(18(27)13-17)37-23-7-2-3-10-29-23/h2-10,13,15-16H,11-12,14H2,1H3,(H,28,34)(H,30,31,32)/t16-/m1/s1. The van der Waals surface area contributed by atoms with E-state index in [1.54, 1.807) is 55.6 Å². The van der Waals surface area contributed by atoms with E-state index in [1.807, 2.05) is 12.1 Å². The number of carbonyl (C=O) groups excluding carboxylic acids is 2. The van der Waals surface area contributed by atoms with Crippen molar-refractivity contribution in [3.05, 3.63) is 72.1 Å². The molecule has 188 valence electrons. The maximum absolute atomic E-state index is 12.9. The van der Waals surface area contributed by atoms with Crippen molar-refractivity contribution in [3.8, 4) is 17.4 Å². The Balaban J connectivity index is 1.38. The van der Waals surface area contributed by atoms with Crippen LogP contribution in [0.1, 0.15) is 6.92 Å². The topological polar surface area (TPSA) is 119 Å². The average Bonchev–Trinajstić information content (AvgIpc) is 2.90. The molecule has 1 saturated heterocycles. The van der Waals surface area contributed by atoms with E-state index >= 15 is 0 Å². The number of benzene rings is 2. The van der Waals surface area contributed by atoms with Crippen LogP contribution in [-0.2, 0) is 9.59 Å². The molecule has 2 amide bonds. The Morgan fingerprint density at radius 1 is 1.11 bits per heavy atom. The molecular formula is C26H23ClN6O4. The van der Waals surface area contributed by atoms with Crippen molar-refractivity contribution in [1.82, 2.24) is 25.2 Å². The van der Waals surface area contributed by atoms with Crippen molar-refractivity contribution in [3.63, 3.8) is 0 Å². The second-order valence-electron chi connectivity index (χ2n) is 8.28. The minimum atomic E-state index is -0.818. The summed E-state index contributed by atoms with van der Waals surface area (Å²) in [4.78, 5) is 39.0. The molecule has 1 aliphatic heterocycles. The van der Waals surface area contributed by atoms with Gasteiger partial charge in [0.05, 0.1) is 22.5 Å². The third-order valence-corrected chi connectivity index (χ3v) is 5.97. The number of nitrogens with zero attached hydrogens (tertiary/aromatic N) is 4. The first-order chi connectivity index (χ1) is 18.0. The zero-order chi connectivity index (χ0) is 25.8. The monoisotopic (exact) mass is 518 g/mol. The van der Waals surface area contributed by atoms with Crippen LogP contribution in [-0.4, -0.2) is 57.4 Å². The van der Waals surface area contributed by atoms with Gasteiger partial charge in [-0.1, -0.05) is 23.7 Å². The molecule has 5 rings (SSSR count). The van der Waals surface area contributed by atoms with Crippen LogP contribution >= 0.6 is 11.6 Å². The van der Waals surface area contributed by atoms with Crippen molar-refractivity contribution in [2.75, 3.05) is 25.0 Å². The lowest BCUT2D eigenvalue weighted by atomic mass is 10.2. The highest BCUT2D eigenvalue weighted by atomic mass is 35.5. The van der Waals surface area contributed by atoms with Crippen LogP contribution in [0.3, 0.4) is 0 Å². The molecular weight excluding hydrogens is 496 g/mol. The number of hydrogen-bond acceptors (Lipinski definition) is 8. The highest BCUT2D eigenvalue weighted by molar-refractivity contribution is 6.32. The fourth-order valence-electron chi connectivity index (χ4n) is 3.91. The van der Waals surface area contributed by atoms with Gasteiger partial charge < -0.3 is 25.0 Å². The number of hydrogen-bond donors (Lipinski definition) is 2. The molecule has 2 aromatic carbocycles. The molecule has 3 heterocycles. The van der Waals surface area contributed by atoms with Gasteiger partial charge in [-0.05, 0) is 43.3 Å². The van der Waals surface area contributed by atoms with Crippen LogP contribution in [0.5, 0.6) is 17.4 Å². The zero-order valence-electron chi connectivity index (χ0n) is 19.8. The Kier molecular flexibility index (Phi) is 7.00. The lowest BCUT2D eigenvalue weighted by Gasteiger charge is -2.29. The lowest BCUT2D eigenvalue weighted by molar-refractivity contribution is -0.143. The second-order valence-corrected chi connectivity index (χ2v) is 8.69. The van der Waals surface area contributed by atoms with E-state index in [0.29, 0.717) is 57.9 Å². The maximum atomic E-state index is 12.9. The van der Waals surface area contributed by atoms with Gasteiger partial charge in [0, 0.05) is 31.0 Å². The molecule has 0 radical (unpaired) electrons. The van der Waals surface area contributed by atoms with Crippen LogP contribution in [0, 0.1) is 0 Å². The summed E-state index contributed by atoms with van der Waals surface area (Å²) < 4.78 is 11.8. The van der Waals surface area contributed by atoms with Gasteiger partial charge in [0.15, 0.2) is 6.10 Å². The van der Waals surface area contributed by atoms with E-state index in [1.165, 1.54) is 11.2 Å². The fourth-order valence-corrected chi connectivity index (χ4v) is 4.13. The van der Waals surface area contributed by atoms with Crippen LogP contribution < -0.4 is 20.1 Å². The smallest absolute Gasteiger partial charge is 0.263 e. The van der Waals surface area contributed by atoms with E-state index in [2.05, 4.69) is 25.6 Å². The number of anilines is 2. The van der Waals surface area contributed by atoms with Gasteiger partial charge in [0.1, 0.15) is 23.6 Å². The molecule has 1 aliphatic rings. The number of carbonyl (C=O) groups is 2. The summed E-state index contributed by atoms with van der Waals surface area (Å²) in [6.07, 6.45) is 2.26. The molecule has 10 nitrogen and oxygen atoms in total. The Morgan fingerprint density at radius 3 is 2.78 bits per heavy atom. The molecule has 4 aromatic rings. The van der Waals surface area contributed by atoms with Crippen LogP contribution in [0.15, 0.2) is 67.1 Å². The largest absolute Gasteiger partial charge is 0.480 e. The van der Waals surface area contributed by atoms with Crippen molar-refractivity contribution in [1.29, 1.82) is 0 Å². The van der Waals surface area contributed by atoms with Crippen LogP contribution in [0.25, 0.3) is 10.9 Å². The Bertz CT molecular complexity index is 1450. The number of nitrogens with one attached hydrogen (secondary N) is 2. The predicted octanol–water partition coefficient (Wildman–Crippen LogP) is 3.94. The molecule has 11 heteroatoms. The Morgan fingerprint density at radius 2 is 2.00 bits per heavy atom. The maximum Gasteiger partial charge on any atom is 0.263 e. The highest BCUT2D eigenvalue weighted by Crippen LogP contribution is 2.35. The highest BCUT2D eigenvalue weighted by Gasteiger charge is 2.27. The summed E-state index contributed by atoms with van der Waals surface area (Å²) in [5.74, 6) is 1.35. The first-order valence-corrected chi connectivity index (χ1v) is 12.0. The molecule has 0 bridgehead atoms. The minimum Gasteiger partial charge on any atom is -0.480 e. The molecule has 0 aliphatic carbocycles. The van der Waals surface area contributed by atoms with E-state index in [9.17, 15) is 9.59 Å². The molecule has 0 spiro atoms. The SMILES string of the molecule is C[C@@H](Oc1cccc2ncnc(Nc3ccc(Oc4ccccn4)c(Cl)c3)c12)C(=O)N1CCNC(=O)C1. The van der Waals surface area contributed by atoms with Gasteiger partial charge in [0.25, 0.3) is 5.91 Å². The minimum absolute atomic E-state index is 0.0127. The third kappa shape index (κ3) is 5.54. The summed E-state index contributed by atoms with van der Waals surface area (Å²) in [5, 5.41) is 6.95. The number of rotatable bonds is 7. The van der Waals surface area contributed by atoms with E-state index in [0.717, 1.165) is 0 Å². The first kappa shape index (κ1) is 24.3. The second kappa shape index (κ2) is 10.7. The van der Waals surface area contributed by atoms with Gasteiger partial charge in [-0.3, -0.25) is 9.59 Å². The predicted molar refractivity (Wildman–Crippen MR) is 138 cm³/mol. The Hall–Kier alpha value is -4.44. The van der Waals surface area contributed by atoms with Gasteiger partial charge in [-0.2, -0.15) is 0 Å². The van der Waals surface area contributed by atoms with Gasteiger partial charge in [-0.15, -0.1) is 0 Å². The molecule has 0 saturated carbocycles. The average molecular weight is 519 g/mol. The summed E-state index contributed by atoms with van der Waals surface area (Å²) in [7, 11) is 0. The quantitative estimate of drug-likeness (QED) is 0.377. The van der Waals surface area contributed by atoms with Crippen molar-refractivity contribution >= 4 is 45.8 Å². The van der Waals surface area contributed by atoms with Crippen molar-refractivity contribution in [2.24, 2.45) is 0 Å². The number of fused-ring (bicyclic) bond motifs is 1. The van der Waals surface area contributed by atoms with E-state index in [-0.39, 0.29) is 18.4 Å². The molecule has 2 N–H and O–H groups in total. The molecule has 37 heavy (non-hydrogen) atoms. The normalized spacial score (nSPS) is 14.1. The van der Waals surface area contributed by atoms with E-state index < -0.39 is 6.10 Å². The molecule has 2 aromatic heterocycles. The van der Waals surface area contributed by atoms with E-state index in [4.69, 9.17) is 21.1 Å². The number of piperazine rings is 1.